The van der Waals surface area contributed by atoms with Crippen molar-refractivity contribution in [3.05, 3.63) is 64.1 Å². The molecule has 0 saturated heterocycles. The SMILES string of the molecule is Cc1ccc(NC(=O)CN(C)C(=O)C(C)N(C)Cc2ccc(Br)cc2)cc1. The standard InChI is InChI=1S/C21H26BrN3O2/c1-15-5-11-19(12-6-15)23-20(26)14-25(4)21(27)16(2)24(3)13-17-7-9-18(22)10-8-17/h5-12,16H,13-14H2,1-4H3,(H,23,26). The molecule has 2 amide bonds. The number of anilines is 1. The second kappa shape index (κ2) is 9.67. The average Bonchev–Trinajstić information content (AvgIpc) is 2.64. The normalized spacial score (nSPS) is 11.9. The van der Waals surface area contributed by atoms with Crippen LogP contribution in [0.4, 0.5) is 5.69 Å². The van der Waals surface area contributed by atoms with E-state index < -0.39 is 0 Å². The Morgan fingerprint density at radius 2 is 1.63 bits per heavy atom. The van der Waals surface area contributed by atoms with Crippen LogP contribution in [-0.4, -0.2) is 48.3 Å². The van der Waals surface area contributed by atoms with E-state index >= 15 is 0 Å². The summed E-state index contributed by atoms with van der Waals surface area (Å²) in [6.45, 7) is 4.52. The molecule has 5 nitrogen and oxygen atoms in total. The lowest BCUT2D eigenvalue weighted by atomic mass is 10.2. The van der Waals surface area contributed by atoms with Gasteiger partial charge in [0.15, 0.2) is 0 Å². The lowest BCUT2D eigenvalue weighted by molar-refractivity contribution is -0.137. The summed E-state index contributed by atoms with van der Waals surface area (Å²) in [5.74, 6) is -0.300. The van der Waals surface area contributed by atoms with E-state index in [1.165, 1.54) is 4.90 Å². The maximum absolute atomic E-state index is 12.7. The van der Waals surface area contributed by atoms with Gasteiger partial charge in [0, 0.05) is 23.8 Å². The molecule has 0 radical (unpaired) electrons. The zero-order valence-electron chi connectivity index (χ0n) is 16.2. The molecule has 0 aliphatic carbocycles. The van der Waals surface area contributed by atoms with Gasteiger partial charge in [-0.25, -0.2) is 0 Å². The van der Waals surface area contributed by atoms with Crippen molar-refractivity contribution in [3.63, 3.8) is 0 Å². The van der Waals surface area contributed by atoms with E-state index in [9.17, 15) is 9.59 Å². The number of carbonyl (C=O) groups is 2. The maximum atomic E-state index is 12.7. The van der Waals surface area contributed by atoms with Crippen LogP contribution < -0.4 is 5.32 Å². The fourth-order valence-corrected chi connectivity index (χ4v) is 2.92. The second-order valence-corrected chi connectivity index (χ2v) is 7.74. The van der Waals surface area contributed by atoms with E-state index in [2.05, 4.69) is 21.2 Å². The number of nitrogens with one attached hydrogen (secondary N) is 1. The molecule has 0 aromatic heterocycles. The molecule has 27 heavy (non-hydrogen) atoms. The van der Waals surface area contributed by atoms with Gasteiger partial charge in [-0.2, -0.15) is 0 Å². The summed E-state index contributed by atoms with van der Waals surface area (Å²) in [5, 5.41) is 2.82. The molecule has 1 N–H and O–H groups in total. The van der Waals surface area contributed by atoms with Crippen molar-refractivity contribution in [1.29, 1.82) is 0 Å². The summed E-state index contributed by atoms with van der Waals surface area (Å²) in [5.41, 5.74) is 2.98. The van der Waals surface area contributed by atoms with Crippen LogP contribution in [-0.2, 0) is 16.1 Å². The summed E-state index contributed by atoms with van der Waals surface area (Å²) in [6.07, 6.45) is 0. The second-order valence-electron chi connectivity index (χ2n) is 6.83. The van der Waals surface area contributed by atoms with E-state index in [0.717, 1.165) is 21.3 Å². The van der Waals surface area contributed by atoms with Crippen molar-refractivity contribution < 1.29 is 9.59 Å². The molecule has 0 aliphatic rings. The van der Waals surface area contributed by atoms with Crippen LogP contribution >= 0.6 is 15.9 Å². The van der Waals surface area contributed by atoms with Gasteiger partial charge in [0.2, 0.25) is 11.8 Å². The molecular formula is C21H26BrN3O2. The minimum Gasteiger partial charge on any atom is -0.335 e. The Balaban J connectivity index is 1.87. The molecule has 1 unspecified atom stereocenters. The third-order valence-corrected chi connectivity index (χ3v) is 4.98. The number of benzene rings is 2. The highest BCUT2D eigenvalue weighted by molar-refractivity contribution is 9.10. The summed E-state index contributed by atoms with van der Waals surface area (Å²) >= 11 is 3.42. The Hall–Kier alpha value is -2.18. The van der Waals surface area contributed by atoms with Crippen molar-refractivity contribution in [2.45, 2.75) is 26.4 Å². The molecule has 0 heterocycles. The molecule has 0 spiro atoms. The van der Waals surface area contributed by atoms with Crippen LogP contribution in [0.5, 0.6) is 0 Å². The van der Waals surface area contributed by atoms with E-state index in [1.807, 2.05) is 74.3 Å². The molecule has 0 saturated carbocycles. The van der Waals surface area contributed by atoms with Crippen LogP contribution in [0.2, 0.25) is 0 Å². The van der Waals surface area contributed by atoms with Crippen LogP contribution in [0.25, 0.3) is 0 Å². The van der Waals surface area contributed by atoms with Crippen molar-refractivity contribution in [2.75, 3.05) is 26.0 Å². The number of hydrogen-bond donors (Lipinski definition) is 1. The van der Waals surface area contributed by atoms with Gasteiger partial charge >= 0.3 is 0 Å². The zero-order chi connectivity index (χ0) is 20.0. The summed E-state index contributed by atoms with van der Waals surface area (Å²) in [4.78, 5) is 28.3. The number of likely N-dealkylation sites (N-methyl/N-ethyl adjacent to an activating group) is 2. The first-order valence-electron chi connectivity index (χ1n) is 8.82. The van der Waals surface area contributed by atoms with Gasteiger partial charge in [-0.3, -0.25) is 14.5 Å². The largest absolute Gasteiger partial charge is 0.335 e. The minimum absolute atomic E-state index is 0.0170. The van der Waals surface area contributed by atoms with E-state index in [0.29, 0.717) is 6.54 Å². The Morgan fingerprint density at radius 1 is 1.04 bits per heavy atom. The van der Waals surface area contributed by atoms with Crippen LogP contribution in [0, 0.1) is 6.92 Å². The third kappa shape index (κ3) is 6.48. The Labute approximate surface area is 169 Å². The smallest absolute Gasteiger partial charge is 0.243 e. The fraction of sp³-hybridized carbons (Fsp3) is 0.333. The van der Waals surface area contributed by atoms with E-state index in [-0.39, 0.29) is 24.4 Å². The monoisotopic (exact) mass is 431 g/mol. The van der Waals surface area contributed by atoms with Gasteiger partial charge in [0.25, 0.3) is 0 Å². The van der Waals surface area contributed by atoms with Gasteiger partial charge < -0.3 is 10.2 Å². The lowest BCUT2D eigenvalue weighted by Crippen LogP contribution is -2.46. The van der Waals surface area contributed by atoms with Crippen molar-refractivity contribution >= 4 is 33.4 Å². The number of carbonyl (C=O) groups excluding carboxylic acids is 2. The zero-order valence-corrected chi connectivity index (χ0v) is 17.8. The minimum atomic E-state index is -0.328. The number of halogens is 1. The van der Waals surface area contributed by atoms with Crippen molar-refractivity contribution in [1.82, 2.24) is 9.80 Å². The van der Waals surface area contributed by atoms with Gasteiger partial charge in [-0.05, 0) is 50.7 Å². The highest BCUT2D eigenvalue weighted by atomic mass is 79.9. The summed E-state index contributed by atoms with van der Waals surface area (Å²) < 4.78 is 1.03. The fourth-order valence-electron chi connectivity index (χ4n) is 2.65. The number of nitrogens with zero attached hydrogens (tertiary/aromatic N) is 2. The molecule has 0 aliphatic heterocycles. The molecule has 2 aromatic carbocycles. The highest BCUT2D eigenvalue weighted by Gasteiger charge is 2.23. The molecule has 144 valence electrons. The van der Waals surface area contributed by atoms with Gasteiger partial charge in [0.1, 0.15) is 0 Å². The predicted molar refractivity (Wildman–Crippen MR) is 113 cm³/mol. The first kappa shape index (κ1) is 21.1. The molecule has 0 bridgehead atoms. The number of aryl methyl sites for hydroxylation is 1. The molecule has 2 rings (SSSR count). The van der Waals surface area contributed by atoms with Gasteiger partial charge in [-0.1, -0.05) is 45.8 Å². The topological polar surface area (TPSA) is 52.7 Å². The Kier molecular flexibility index (Phi) is 7.56. The predicted octanol–water partition coefficient (Wildman–Crippen LogP) is 3.67. The molecular weight excluding hydrogens is 406 g/mol. The van der Waals surface area contributed by atoms with Crippen LogP contribution in [0.15, 0.2) is 53.0 Å². The molecule has 1 atom stereocenters. The Morgan fingerprint density at radius 3 is 2.22 bits per heavy atom. The van der Waals surface area contributed by atoms with E-state index in [1.54, 1.807) is 7.05 Å². The lowest BCUT2D eigenvalue weighted by Gasteiger charge is -2.28. The number of rotatable bonds is 7. The van der Waals surface area contributed by atoms with E-state index in [4.69, 9.17) is 0 Å². The van der Waals surface area contributed by atoms with Crippen molar-refractivity contribution in [2.24, 2.45) is 0 Å². The van der Waals surface area contributed by atoms with Crippen LogP contribution in [0.3, 0.4) is 0 Å². The maximum Gasteiger partial charge on any atom is 0.243 e. The average molecular weight is 432 g/mol. The summed E-state index contributed by atoms with van der Waals surface area (Å²) in [7, 11) is 3.56. The molecule has 2 aromatic rings. The third-order valence-electron chi connectivity index (χ3n) is 4.46. The van der Waals surface area contributed by atoms with Gasteiger partial charge in [0.05, 0.1) is 12.6 Å². The van der Waals surface area contributed by atoms with Crippen molar-refractivity contribution in [3.8, 4) is 0 Å². The quantitative estimate of drug-likeness (QED) is 0.727. The Bertz CT molecular complexity index is 775. The summed E-state index contributed by atoms with van der Waals surface area (Å²) in [6, 6.07) is 15.3. The first-order chi connectivity index (χ1) is 12.8. The number of amides is 2. The van der Waals surface area contributed by atoms with Gasteiger partial charge in [-0.15, -0.1) is 0 Å². The molecule has 0 fully saturated rings. The highest BCUT2D eigenvalue weighted by Crippen LogP contribution is 2.13. The first-order valence-corrected chi connectivity index (χ1v) is 9.61. The number of hydrogen-bond acceptors (Lipinski definition) is 3. The molecule has 6 heteroatoms. The van der Waals surface area contributed by atoms with Crippen LogP contribution in [0.1, 0.15) is 18.1 Å².